The molecule has 0 bridgehead atoms. The lowest BCUT2D eigenvalue weighted by atomic mass is 9.87. The molecule has 2 heterocycles. The van der Waals surface area contributed by atoms with Gasteiger partial charge in [-0.3, -0.25) is 0 Å². The predicted octanol–water partition coefficient (Wildman–Crippen LogP) is 1.27. The highest BCUT2D eigenvalue weighted by Gasteiger charge is 2.35. The number of imidazole rings is 1. The average Bonchev–Trinajstić information content (AvgIpc) is 2.55. The fourth-order valence-electron chi connectivity index (χ4n) is 2.02. The van der Waals surface area contributed by atoms with Crippen LogP contribution < -0.4 is 5.32 Å². The van der Waals surface area contributed by atoms with Gasteiger partial charge in [-0.25, -0.2) is 4.98 Å². The van der Waals surface area contributed by atoms with Gasteiger partial charge in [0, 0.05) is 23.3 Å². The molecule has 12 heavy (non-hydrogen) atoms. The van der Waals surface area contributed by atoms with Crippen molar-refractivity contribution in [3.8, 4) is 0 Å². The van der Waals surface area contributed by atoms with E-state index in [0.717, 1.165) is 6.54 Å². The van der Waals surface area contributed by atoms with E-state index in [1.807, 2.05) is 6.20 Å². The summed E-state index contributed by atoms with van der Waals surface area (Å²) in [7, 11) is 0. The van der Waals surface area contributed by atoms with E-state index in [9.17, 15) is 0 Å². The van der Waals surface area contributed by atoms with Crippen LogP contribution in [-0.2, 0) is 0 Å². The van der Waals surface area contributed by atoms with Gasteiger partial charge in [-0.15, -0.1) is 0 Å². The smallest absolute Gasteiger partial charge is 0.0921 e. The maximum atomic E-state index is 4.05. The second-order valence-corrected chi connectivity index (χ2v) is 4.00. The van der Waals surface area contributed by atoms with Gasteiger partial charge in [0.2, 0.25) is 0 Å². The minimum atomic E-state index is 0.215. The largest absolute Gasteiger partial charge is 0.348 e. The van der Waals surface area contributed by atoms with Crippen LogP contribution >= 0.6 is 0 Å². The first-order valence-electron chi connectivity index (χ1n) is 4.43. The van der Waals surface area contributed by atoms with Crippen LogP contribution in [0.25, 0.3) is 0 Å². The minimum absolute atomic E-state index is 0.215. The number of hydrogen-bond acceptors (Lipinski definition) is 2. The highest BCUT2D eigenvalue weighted by atomic mass is 15.0. The quantitative estimate of drug-likeness (QED) is 0.658. The summed E-state index contributed by atoms with van der Waals surface area (Å²) in [5, 5.41) is 3.49. The lowest BCUT2D eigenvalue weighted by Gasteiger charge is -2.25. The first-order chi connectivity index (χ1) is 5.70. The molecular formula is C9H15N3. The Hall–Kier alpha value is -0.830. The van der Waals surface area contributed by atoms with Gasteiger partial charge < -0.3 is 10.3 Å². The molecule has 1 aliphatic heterocycles. The van der Waals surface area contributed by atoms with Crippen molar-refractivity contribution in [2.45, 2.75) is 31.7 Å². The van der Waals surface area contributed by atoms with Crippen LogP contribution in [0.3, 0.4) is 0 Å². The van der Waals surface area contributed by atoms with Gasteiger partial charge in [-0.2, -0.15) is 0 Å². The standard InChI is InChI=1S/C9H15N3/c1-9(2)7(3-4-12-9)8-5-10-6-11-8/h5-7,12H,3-4H2,1-2H3,(H,10,11). The van der Waals surface area contributed by atoms with Gasteiger partial charge in [0.15, 0.2) is 0 Å². The van der Waals surface area contributed by atoms with E-state index in [-0.39, 0.29) is 5.54 Å². The van der Waals surface area contributed by atoms with Gasteiger partial charge in [-0.1, -0.05) is 0 Å². The molecule has 0 spiro atoms. The van der Waals surface area contributed by atoms with Crippen molar-refractivity contribution in [1.82, 2.24) is 15.3 Å². The molecule has 66 valence electrons. The average molecular weight is 165 g/mol. The van der Waals surface area contributed by atoms with Crippen LogP contribution in [0.2, 0.25) is 0 Å². The molecule has 1 aromatic rings. The molecule has 1 unspecified atom stereocenters. The number of H-pyrrole nitrogens is 1. The molecule has 0 radical (unpaired) electrons. The molecule has 3 heteroatoms. The van der Waals surface area contributed by atoms with Crippen molar-refractivity contribution in [2.24, 2.45) is 0 Å². The topological polar surface area (TPSA) is 40.7 Å². The van der Waals surface area contributed by atoms with Crippen LogP contribution in [0, 0.1) is 0 Å². The maximum absolute atomic E-state index is 4.05. The Morgan fingerprint density at radius 2 is 2.42 bits per heavy atom. The molecule has 0 aromatic carbocycles. The fourth-order valence-corrected chi connectivity index (χ4v) is 2.02. The van der Waals surface area contributed by atoms with E-state index in [2.05, 4.69) is 29.1 Å². The second-order valence-electron chi connectivity index (χ2n) is 4.00. The first-order valence-corrected chi connectivity index (χ1v) is 4.43. The minimum Gasteiger partial charge on any atom is -0.348 e. The second kappa shape index (κ2) is 2.59. The van der Waals surface area contributed by atoms with Crippen molar-refractivity contribution < 1.29 is 0 Å². The molecule has 0 amide bonds. The van der Waals surface area contributed by atoms with E-state index in [1.54, 1.807) is 6.33 Å². The molecule has 1 aromatic heterocycles. The SMILES string of the molecule is CC1(C)NCCC1c1cnc[nH]1. The zero-order valence-corrected chi connectivity index (χ0v) is 7.59. The predicted molar refractivity (Wildman–Crippen MR) is 48.0 cm³/mol. The van der Waals surface area contributed by atoms with Gasteiger partial charge >= 0.3 is 0 Å². The molecule has 0 aliphatic carbocycles. The molecule has 1 saturated heterocycles. The molecule has 1 aliphatic rings. The van der Waals surface area contributed by atoms with Crippen molar-refractivity contribution in [2.75, 3.05) is 6.54 Å². The fraction of sp³-hybridized carbons (Fsp3) is 0.667. The van der Waals surface area contributed by atoms with E-state index < -0.39 is 0 Å². The Kier molecular flexibility index (Phi) is 1.68. The van der Waals surface area contributed by atoms with E-state index in [1.165, 1.54) is 12.1 Å². The normalized spacial score (nSPS) is 27.7. The number of nitrogens with one attached hydrogen (secondary N) is 2. The zero-order valence-electron chi connectivity index (χ0n) is 7.59. The van der Waals surface area contributed by atoms with Crippen molar-refractivity contribution in [3.05, 3.63) is 18.2 Å². The Balaban J connectivity index is 2.25. The van der Waals surface area contributed by atoms with Crippen molar-refractivity contribution in [1.29, 1.82) is 0 Å². The summed E-state index contributed by atoms with van der Waals surface area (Å²) in [5.74, 6) is 0.583. The Morgan fingerprint density at radius 1 is 1.58 bits per heavy atom. The monoisotopic (exact) mass is 165 g/mol. The van der Waals surface area contributed by atoms with Gasteiger partial charge in [0.25, 0.3) is 0 Å². The van der Waals surface area contributed by atoms with E-state index >= 15 is 0 Å². The summed E-state index contributed by atoms with van der Waals surface area (Å²) in [6, 6.07) is 0. The van der Waals surface area contributed by atoms with Crippen LogP contribution in [0.1, 0.15) is 31.9 Å². The zero-order chi connectivity index (χ0) is 8.60. The van der Waals surface area contributed by atoms with Crippen LogP contribution in [0.5, 0.6) is 0 Å². The lowest BCUT2D eigenvalue weighted by molar-refractivity contribution is 0.406. The van der Waals surface area contributed by atoms with Crippen LogP contribution in [0.4, 0.5) is 0 Å². The number of rotatable bonds is 1. The van der Waals surface area contributed by atoms with E-state index in [0.29, 0.717) is 5.92 Å². The molecule has 2 N–H and O–H groups in total. The molecule has 1 atom stereocenters. The molecule has 3 nitrogen and oxygen atoms in total. The molecule has 2 rings (SSSR count). The number of aromatic nitrogens is 2. The molecule has 0 saturated carbocycles. The van der Waals surface area contributed by atoms with Crippen LogP contribution in [-0.4, -0.2) is 22.1 Å². The number of nitrogens with zero attached hydrogens (tertiary/aromatic N) is 1. The summed E-state index contributed by atoms with van der Waals surface area (Å²) >= 11 is 0. The summed E-state index contributed by atoms with van der Waals surface area (Å²) in [6.45, 7) is 5.59. The Morgan fingerprint density at radius 3 is 2.92 bits per heavy atom. The van der Waals surface area contributed by atoms with Crippen molar-refractivity contribution >= 4 is 0 Å². The van der Waals surface area contributed by atoms with Crippen LogP contribution in [0.15, 0.2) is 12.5 Å². The third-order valence-electron chi connectivity index (χ3n) is 2.78. The maximum Gasteiger partial charge on any atom is 0.0921 e. The Bertz CT molecular complexity index is 251. The summed E-state index contributed by atoms with van der Waals surface area (Å²) < 4.78 is 0. The summed E-state index contributed by atoms with van der Waals surface area (Å²) in [5.41, 5.74) is 1.47. The molecule has 1 fully saturated rings. The van der Waals surface area contributed by atoms with Gasteiger partial charge in [0.1, 0.15) is 0 Å². The third-order valence-corrected chi connectivity index (χ3v) is 2.78. The third kappa shape index (κ3) is 1.14. The summed E-state index contributed by atoms with van der Waals surface area (Å²) in [4.78, 5) is 7.23. The Labute approximate surface area is 72.6 Å². The van der Waals surface area contributed by atoms with Crippen molar-refractivity contribution in [3.63, 3.8) is 0 Å². The highest BCUT2D eigenvalue weighted by Crippen LogP contribution is 2.33. The number of hydrogen-bond donors (Lipinski definition) is 2. The number of aromatic amines is 1. The van der Waals surface area contributed by atoms with Gasteiger partial charge in [0.05, 0.1) is 6.33 Å². The first kappa shape index (κ1) is 7.80. The highest BCUT2D eigenvalue weighted by molar-refractivity contribution is 5.14. The van der Waals surface area contributed by atoms with Gasteiger partial charge in [-0.05, 0) is 26.8 Å². The summed E-state index contributed by atoms with van der Waals surface area (Å²) in [6.07, 6.45) is 4.89. The molecular weight excluding hydrogens is 150 g/mol. The lowest BCUT2D eigenvalue weighted by Crippen LogP contribution is -2.36. The van der Waals surface area contributed by atoms with E-state index in [4.69, 9.17) is 0 Å².